The van der Waals surface area contributed by atoms with Crippen molar-refractivity contribution >= 4 is 55.6 Å². The van der Waals surface area contributed by atoms with Gasteiger partial charge in [0.15, 0.2) is 5.78 Å². The molecule has 126 valence electrons. The molecule has 0 fully saturated rings. The fourth-order valence-corrected chi connectivity index (χ4v) is 3.12. The predicted octanol–water partition coefficient (Wildman–Crippen LogP) is 0.904. The number of benzene rings is 2. The van der Waals surface area contributed by atoms with Gasteiger partial charge in [-0.3, -0.25) is 4.79 Å². The fourth-order valence-electron chi connectivity index (χ4n) is 1.83. The number of thiocarbonyl (C=S) groups is 1. The molecule has 0 aliphatic rings. The van der Waals surface area contributed by atoms with Crippen molar-refractivity contribution in [2.24, 2.45) is 0 Å². The maximum absolute atomic E-state index is 12.2. The normalized spacial score (nSPS) is 10.8. The average molecular weight is 455 g/mol. The maximum atomic E-state index is 12.2. The summed E-state index contributed by atoms with van der Waals surface area (Å²) in [7, 11) is 0. The van der Waals surface area contributed by atoms with Gasteiger partial charge >= 0.3 is 29.6 Å². The zero-order valence-electron chi connectivity index (χ0n) is 13.9. The van der Waals surface area contributed by atoms with Crippen LogP contribution < -0.4 is 40.0 Å². The van der Waals surface area contributed by atoms with Crippen LogP contribution in [-0.4, -0.2) is 15.7 Å². The monoisotopic (exact) mass is 454 g/mol. The van der Waals surface area contributed by atoms with Crippen molar-refractivity contribution in [2.75, 3.05) is 11.1 Å². The molecule has 0 amide bonds. The molecule has 0 bridgehead atoms. The van der Waals surface area contributed by atoms with Gasteiger partial charge in [0.2, 0.25) is 0 Å². The Kier molecular flexibility index (Phi) is 10.2. The molecule has 2 aromatic rings. The van der Waals surface area contributed by atoms with E-state index < -0.39 is 5.88 Å². The molecule has 0 saturated heterocycles. The van der Waals surface area contributed by atoms with Gasteiger partial charge in [-0.2, -0.15) is 5.26 Å². The molecule has 2 rings (SSSR count). The van der Waals surface area contributed by atoms with E-state index in [2.05, 4.69) is 21.2 Å². The van der Waals surface area contributed by atoms with Gasteiger partial charge in [-0.1, -0.05) is 58.5 Å². The van der Waals surface area contributed by atoms with E-state index in [-0.39, 0.29) is 50.9 Å². The van der Waals surface area contributed by atoms with Crippen molar-refractivity contribution in [2.45, 2.75) is 0 Å². The Bertz CT molecular complexity index is 850. The Morgan fingerprint density at radius 2 is 1.81 bits per heavy atom. The number of Topliss-reactive ketones (excluding diaryl/α,β-unsaturated/α-hetero) is 1. The number of hydrogen-bond acceptors (Lipinski definition) is 6. The van der Waals surface area contributed by atoms with Crippen molar-refractivity contribution < 1.29 is 39.5 Å². The Morgan fingerprint density at radius 1 is 1.19 bits per heavy atom. The standard InChI is InChI=1S/C18H13BrN2O2S2.Na/c19-13-6-8-14(9-7-13)21-17(23)15(10-20)18(24)25-11-16(22)12-4-2-1-3-5-12;/h1-9,21,23H,11H2;/q;+1/p-1/b17-15-;. The van der Waals surface area contributed by atoms with Crippen LogP contribution in [0, 0.1) is 11.3 Å². The van der Waals surface area contributed by atoms with Gasteiger partial charge in [-0.15, -0.1) is 11.8 Å². The molecule has 4 nitrogen and oxygen atoms in total. The van der Waals surface area contributed by atoms with E-state index >= 15 is 0 Å². The zero-order valence-corrected chi connectivity index (χ0v) is 19.1. The minimum absolute atomic E-state index is 0. The van der Waals surface area contributed by atoms with Crippen molar-refractivity contribution in [3.8, 4) is 6.07 Å². The largest absolute Gasteiger partial charge is 1.00 e. The Labute approximate surface area is 192 Å². The van der Waals surface area contributed by atoms with E-state index in [9.17, 15) is 15.2 Å². The Morgan fingerprint density at radius 3 is 2.38 bits per heavy atom. The first-order chi connectivity index (χ1) is 12.0. The summed E-state index contributed by atoms with van der Waals surface area (Å²) in [6.07, 6.45) is 0. The van der Waals surface area contributed by atoms with Crippen LogP contribution in [0.4, 0.5) is 5.69 Å². The van der Waals surface area contributed by atoms with E-state index in [1.807, 2.05) is 12.1 Å². The molecule has 0 aliphatic heterocycles. The van der Waals surface area contributed by atoms with E-state index in [0.29, 0.717) is 11.3 Å². The molecule has 0 saturated carbocycles. The van der Waals surface area contributed by atoms with Crippen LogP contribution in [0.1, 0.15) is 10.4 Å². The minimum Gasteiger partial charge on any atom is -0.859 e. The maximum Gasteiger partial charge on any atom is 1.00 e. The van der Waals surface area contributed by atoms with Gasteiger partial charge in [0, 0.05) is 15.7 Å². The first-order valence-corrected chi connectivity index (χ1v) is 9.29. The molecule has 0 aromatic heterocycles. The summed E-state index contributed by atoms with van der Waals surface area (Å²) in [4.78, 5) is 12.1. The van der Waals surface area contributed by atoms with Crippen LogP contribution in [0.25, 0.3) is 0 Å². The van der Waals surface area contributed by atoms with E-state index in [1.54, 1.807) is 48.5 Å². The van der Waals surface area contributed by atoms with Gasteiger partial charge in [0.25, 0.3) is 0 Å². The molecule has 0 atom stereocenters. The molecule has 0 heterocycles. The van der Waals surface area contributed by atoms with Crippen LogP contribution in [0.3, 0.4) is 0 Å². The van der Waals surface area contributed by atoms with Gasteiger partial charge in [0.05, 0.1) is 15.5 Å². The number of rotatable bonds is 6. The number of nitrogens with one attached hydrogen (secondary N) is 1. The summed E-state index contributed by atoms with van der Waals surface area (Å²) >= 11 is 9.45. The summed E-state index contributed by atoms with van der Waals surface area (Å²) in [6, 6.07) is 17.5. The summed E-state index contributed by atoms with van der Waals surface area (Å²) < 4.78 is 0.974. The molecule has 0 radical (unpaired) electrons. The molecule has 2 aromatic carbocycles. The number of halogens is 1. The third kappa shape index (κ3) is 6.88. The second-order valence-corrected chi connectivity index (χ2v) is 7.38. The first-order valence-electron chi connectivity index (χ1n) is 7.10. The predicted molar refractivity (Wildman–Crippen MR) is 106 cm³/mol. The smallest absolute Gasteiger partial charge is 0.859 e. The number of nitrogens with zero attached hydrogens (tertiary/aromatic N) is 1. The summed E-state index contributed by atoms with van der Waals surface area (Å²) in [5.41, 5.74) is 0.938. The van der Waals surface area contributed by atoms with E-state index in [4.69, 9.17) is 12.2 Å². The molecule has 0 spiro atoms. The number of carbonyl (C=O) groups is 1. The number of anilines is 1. The number of hydrogen-bond donors (Lipinski definition) is 1. The summed E-state index contributed by atoms with van der Waals surface area (Å²) in [5.74, 6) is -0.632. The molecule has 0 unspecified atom stereocenters. The Hall–Kier alpha value is -1.14. The van der Waals surface area contributed by atoms with E-state index in [0.717, 1.165) is 16.2 Å². The number of nitriles is 1. The molecule has 0 aliphatic carbocycles. The van der Waals surface area contributed by atoms with Gasteiger partial charge in [-0.25, -0.2) is 0 Å². The average Bonchev–Trinajstić information content (AvgIpc) is 2.63. The quantitative estimate of drug-likeness (QED) is 0.174. The number of ketones is 1. The Balaban J connectivity index is 0.00000338. The molecule has 1 N–H and O–H groups in total. The van der Waals surface area contributed by atoms with Gasteiger partial charge < -0.3 is 10.4 Å². The first kappa shape index (κ1) is 22.9. The second-order valence-electron chi connectivity index (χ2n) is 4.81. The molecular weight excluding hydrogens is 443 g/mol. The number of thioether (sulfide) groups is 1. The third-order valence-electron chi connectivity index (χ3n) is 3.08. The molecular formula is C18H12BrN2NaO2S2. The molecule has 26 heavy (non-hydrogen) atoms. The third-order valence-corrected chi connectivity index (χ3v) is 5.03. The van der Waals surface area contributed by atoms with Gasteiger partial charge in [-0.05, 0) is 30.1 Å². The summed E-state index contributed by atoms with van der Waals surface area (Å²) in [5, 5.41) is 24.1. The topological polar surface area (TPSA) is 76.0 Å². The van der Waals surface area contributed by atoms with Crippen LogP contribution in [0.5, 0.6) is 0 Å². The van der Waals surface area contributed by atoms with Crippen molar-refractivity contribution in [3.63, 3.8) is 0 Å². The van der Waals surface area contributed by atoms with Crippen LogP contribution in [-0.2, 0) is 0 Å². The number of carbonyl (C=O) groups excluding carboxylic acids is 1. The SMILES string of the molecule is N#C/C(C(=S)SCC(=O)c1ccccc1)=C(/[O-])Nc1ccc(Br)cc1.[Na+]. The van der Waals surface area contributed by atoms with Crippen molar-refractivity contribution in [1.29, 1.82) is 5.26 Å². The second kappa shape index (κ2) is 11.5. The minimum atomic E-state index is -0.588. The van der Waals surface area contributed by atoms with Crippen LogP contribution >= 0.6 is 39.9 Å². The van der Waals surface area contributed by atoms with Crippen LogP contribution in [0.2, 0.25) is 0 Å². The van der Waals surface area contributed by atoms with Crippen LogP contribution in [0.15, 0.2) is 70.5 Å². The summed E-state index contributed by atoms with van der Waals surface area (Å²) in [6.45, 7) is 0. The van der Waals surface area contributed by atoms with E-state index in [1.165, 1.54) is 0 Å². The zero-order chi connectivity index (χ0) is 18.2. The van der Waals surface area contributed by atoms with Gasteiger partial charge in [0.1, 0.15) is 6.07 Å². The van der Waals surface area contributed by atoms with Crippen molar-refractivity contribution in [3.05, 3.63) is 76.1 Å². The fraction of sp³-hybridized carbons (Fsp3) is 0.0556. The molecule has 8 heteroatoms. The van der Waals surface area contributed by atoms with Crippen molar-refractivity contribution in [1.82, 2.24) is 0 Å².